The van der Waals surface area contributed by atoms with Gasteiger partial charge in [-0.15, -0.1) is 0 Å². The fourth-order valence-corrected chi connectivity index (χ4v) is 2.67. The molecule has 2 rings (SSSR count). The molecule has 7 nitrogen and oxygen atoms in total. The number of nitrogens with one attached hydrogen (secondary N) is 2. The van der Waals surface area contributed by atoms with Crippen molar-refractivity contribution in [2.75, 3.05) is 19.7 Å². The minimum Gasteiger partial charge on any atom is -0.376 e. The van der Waals surface area contributed by atoms with Gasteiger partial charge in [0.2, 0.25) is 0 Å². The maximum atomic E-state index is 10.7. The van der Waals surface area contributed by atoms with Crippen molar-refractivity contribution < 1.29 is 9.66 Å². The Hall–Kier alpha value is -2.15. The van der Waals surface area contributed by atoms with Crippen molar-refractivity contribution in [1.82, 2.24) is 10.6 Å². The highest BCUT2D eigenvalue weighted by Crippen LogP contribution is 2.13. The number of benzene rings is 1. The largest absolute Gasteiger partial charge is 0.376 e. The summed E-state index contributed by atoms with van der Waals surface area (Å²) in [5.41, 5.74) is 1.04. The van der Waals surface area contributed by atoms with E-state index in [1.807, 2.05) is 0 Å². The van der Waals surface area contributed by atoms with Crippen LogP contribution < -0.4 is 10.6 Å². The topological polar surface area (TPSA) is 88.8 Å². The predicted octanol–water partition coefficient (Wildman–Crippen LogP) is 3.00. The van der Waals surface area contributed by atoms with E-state index < -0.39 is 4.92 Å². The molecular formula is C18H28N4O3. The highest BCUT2D eigenvalue weighted by Gasteiger charge is 2.15. The lowest BCUT2D eigenvalue weighted by Gasteiger charge is -2.15. The van der Waals surface area contributed by atoms with Crippen LogP contribution >= 0.6 is 0 Å². The van der Waals surface area contributed by atoms with Gasteiger partial charge in [0.1, 0.15) is 0 Å². The van der Waals surface area contributed by atoms with Crippen LogP contribution in [0.5, 0.6) is 0 Å². The van der Waals surface area contributed by atoms with E-state index in [9.17, 15) is 10.1 Å². The van der Waals surface area contributed by atoms with Gasteiger partial charge in [0.15, 0.2) is 5.96 Å². The maximum Gasteiger partial charge on any atom is 0.269 e. The van der Waals surface area contributed by atoms with Crippen LogP contribution in [0.25, 0.3) is 0 Å². The van der Waals surface area contributed by atoms with Gasteiger partial charge in [-0.3, -0.25) is 10.1 Å². The van der Waals surface area contributed by atoms with Crippen LogP contribution in [0.3, 0.4) is 0 Å². The summed E-state index contributed by atoms with van der Waals surface area (Å²) in [4.78, 5) is 14.9. The van der Waals surface area contributed by atoms with Crippen LogP contribution in [-0.4, -0.2) is 36.7 Å². The average Bonchev–Trinajstić information content (AvgIpc) is 3.14. The number of nitro groups is 1. The number of aliphatic imine (C=N–C) groups is 1. The number of unbranched alkanes of at least 4 members (excludes halogenated alkanes) is 2. The van der Waals surface area contributed by atoms with Gasteiger partial charge >= 0.3 is 0 Å². The van der Waals surface area contributed by atoms with Crippen LogP contribution in [0, 0.1) is 10.1 Å². The number of ether oxygens (including phenoxy) is 1. The average molecular weight is 348 g/mol. The normalized spacial score (nSPS) is 17.5. The summed E-state index contributed by atoms with van der Waals surface area (Å²) >= 11 is 0. The summed E-state index contributed by atoms with van der Waals surface area (Å²) < 4.78 is 5.64. The second kappa shape index (κ2) is 10.7. The quantitative estimate of drug-likeness (QED) is 0.235. The molecule has 1 fully saturated rings. The molecule has 138 valence electrons. The third kappa shape index (κ3) is 7.09. The molecule has 1 atom stereocenters. The highest BCUT2D eigenvalue weighted by molar-refractivity contribution is 5.79. The van der Waals surface area contributed by atoms with E-state index in [1.165, 1.54) is 25.0 Å². The molecule has 1 heterocycles. The molecule has 1 aliphatic rings. The summed E-state index contributed by atoms with van der Waals surface area (Å²) in [6, 6.07) is 6.52. The van der Waals surface area contributed by atoms with Crippen molar-refractivity contribution in [3.05, 3.63) is 39.9 Å². The first-order valence-corrected chi connectivity index (χ1v) is 9.06. The minimum atomic E-state index is -0.392. The van der Waals surface area contributed by atoms with Crippen LogP contribution in [0.4, 0.5) is 5.69 Å². The number of rotatable bonds is 9. The van der Waals surface area contributed by atoms with Crippen molar-refractivity contribution in [3.8, 4) is 0 Å². The number of hydrogen-bond acceptors (Lipinski definition) is 4. The molecule has 0 aromatic heterocycles. The lowest BCUT2D eigenvalue weighted by Crippen LogP contribution is -2.41. The number of nitro benzene ring substituents is 1. The van der Waals surface area contributed by atoms with Crippen molar-refractivity contribution in [3.63, 3.8) is 0 Å². The molecule has 7 heteroatoms. The van der Waals surface area contributed by atoms with Crippen molar-refractivity contribution >= 4 is 11.6 Å². The Labute approximate surface area is 149 Å². The van der Waals surface area contributed by atoms with Crippen molar-refractivity contribution in [2.45, 2.75) is 51.7 Å². The SMILES string of the molecule is CCCCCNC(=NCc1ccc([N+](=O)[O-])cc1)NCC1CCCO1. The molecule has 0 bridgehead atoms. The second-order valence-corrected chi connectivity index (χ2v) is 6.24. The molecular weight excluding hydrogens is 320 g/mol. The van der Waals surface area contributed by atoms with Crippen molar-refractivity contribution in [1.29, 1.82) is 0 Å². The maximum absolute atomic E-state index is 10.7. The Kier molecular flexibility index (Phi) is 8.18. The molecule has 1 unspecified atom stereocenters. The van der Waals surface area contributed by atoms with Gasteiger partial charge in [-0.2, -0.15) is 0 Å². The monoisotopic (exact) mass is 348 g/mol. The Morgan fingerprint density at radius 3 is 2.76 bits per heavy atom. The van der Waals surface area contributed by atoms with E-state index in [0.29, 0.717) is 6.54 Å². The standard InChI is InChI=1S/C18H28N4O3/c1-2-3-4-11-19-18(21-14-17-6-5-12-25-17)20-13-15-7-9-16(10-8-15)22(23)24/h7-10,17H,2-6,11-14H2,1H3,(H2,19,20,21). The molecule has 25 heavy (non-hydrogen) atoms. The Balaban J connectivity index is 1.88. The van der Waals surface area contributed by atoms with E-state index in [0.717, 1.165) is 50.5 Å². The molecule has 1 aliphatic heterocycles. The molecule has 0 amide bonds. The first-order chi connectivity index (χ1) is 12.2. The van der Waals surface area contributed by atoms with Gasteiger partial charge in [0.25, 0.3) is 5.69 Å². The molecule has 0 aliphatic carbocycles. The van der Waals surface area contributed by atoms with E-state index in [2.05, 4.69) is 22.5 Å². The molecule has 0 radical (unpaired) electrons. The highest BCUT2D eigenvalue weighted by atomic mass is 16.6. The van der Waals surface area contributed by atoms with Crippen LogP contribution in [0.15, 0.2) is 29.3 Å². The zero-order chi connectivity index (χ0) is 17.9. The number of nitrogens with zero attached hydrogens (tertiary/aromatic N) is 2. The Morgan fingerprint density at radius 2 is 2.12 bits per heavy atom. The number of non-ortho nitro benzene ring substituents is 1. The molecule has 1 saturated heterocycles. The first-order valence-electron chi connectivity index (χ1n) is 9.06. The Morgan fingerprint density at radius 1 is 1.32 bits per heavy atom. The van der Waals surface area contributed by atoms with E-state index >= 15 is 0 Å². The van der Waals surface area contributed by atoms with Crippen LogP contribution in [0.1, 0.15) is 44.6 Å². The molecule has 1 aromatic carbocycles. The van der Waals surface area contributed by atoms with Gasteiger partial charge in [-0.05, 0) is 24.8 Å². The van der Waals surface area contributed by atoms with Crippen molar-refractivity contribution in [2.24, 2.45) is 4.99 Å². The molecule has 0 spiro atoms. The zero-order valence-electron chi connectivity index (χ0n) is 14.9. The third-order valence-electron chi connectivity index (χ3n) is 4.16. The van der Waals surface area contributed by atoms with Crippen LogP contribution in [-0.2, 0) is 11.3 Å². The van der Waals surface area contributed by atoms with E-state index in [1.54, 1.807) is 12.1 Å². The summed E-state index contributed by atoms with van der Waals surface area (Å²) in [6.45, 7) is 5.13. The van der Waals surface area contributed by atoms with Crippen LogP contribution in [0.2, 0.25) is 0 Å². The zero-order valence-corrected chi connectivity index (χ0v) is 14.9. The van der Waals surface area contributed by atoms with Gasteiger partial charge < -0.3 is 15.4 Å². The van der Waals surface area contributed by atoms with Gasteiger partial charge in [-0.25, -0.2) is 4.99 Å². The fourth-order valence-electron chi connectivity index (χ4n) is 2.67. The summed E-state index contributed by atoms with van der Waals surface area (Å²) in [7, 11) is 0. The summed E-state index contributed by atoms with van der Waals surface area (Å²) in [5, 5.41) is 17.4. The third-order valence-corrected chi connectivity index (χ3v) is 4.16. The lowest BCUT2D eigenvalue weighted by atomic mass is 10.2. The lowest BCUT2D eigenvalue weighted by molar-refractivity contribution is -0.384. The molecule has 1 aromatic rings. The fraction of sp³-hybridized carbons (Fsp3) is 0.611. The first kappa shape index (κ1) is 19.2. The smallest absolute Gasteiger partial charge is 0.269 e. The van der Waals surface area contributed by atoms with Gasteiger partial charge in [-0.1, -0.05) is 31.9 Å². The predicted molar refractivity (Wildman–Crippen MR) is 98.7 cm³/mol. The van der Waals surface area contributed by atoms with Gasteiger partial charge in [0.05, 0.1) is 17.6 Å². The number of hydrogen-bond donors (Lipinski definition) is 2. The summed E-state index contributed by atoms with van der Waals surface area (Å²) in [6.07, 6.45) is 5.93. The molecule has 0 saturated carbocycles. The second-order valence-electron chi connectivity index (χ2n) is 6.24. The van der Waals surface area contributed by atoms with E-state index in [4.69, 9.17) is 4.74 Å². The minimum absolute atomic E-state index is 0.0992. The summed E-state index contributed by atoms with van der Waals surface area (Å²) in [5.74, 6) is 0.768. The Bertz CT molecular complexity index is 554. The molecule has 2 N–H and O–H groups in total. The van der Waals surface area contributed by atoms with Gasteiger partial charge in [0, 0.05) is 31.8 Å². The van der Waals surface area contributed by atoms with E-state index in [-0.39, 0.29) is 11.8 Å². The number of guanidine groups is 1.